The lowest BCUT2D eigenvalue weighted by Gasteiger charge is -2.06. The highest BCUT2D eigenvalue weighted by Gasteiger charge is 2.47. The average Bonchev–Trinajstić information content (AvgIpc) is 2.86. The van der Waals surface area contributed by atoms with E-state index in [0.29, 0.717) is 18.4 Å². The van der Waals surface area contributed by atoms with E-state index in [1.54, 1.807) is 0 Å². The van der Waals surface area contributed by atoms with Crippen molar-refractivity contribution in [2.75, 3.05) is 6.61 Å². The Bertz CT molecular complexity index is 474. The highest BCUT2D eigenvalue weighted by Crippen LogP contribution is 2.40. The number of epoxide rings is 1. The van der Waals surface area contributed by atoms with Gasteiger partial charge in [0.25, 0.3) is 0 Å². The molecule has 0 unspecified atom stereocenters. The molecule has 0 aliphatic carbocycles. The van der Waals surface area contributed by atoms with Crippen molar-refractivity contribution in [3.8, 4) is 0 Å². The zero-order valence-electron chi connectivity index (χ0n) is 11.1. The predicted molar refractivity (Wildman–Crippen MR) is 66.1 cm³/mol. The van der Waals surface area contributed by atoms with E-state index in [2.05, 4.69) is 18.8 Å². The topological polar surface area (TPSA) is 34.1 Å². The number of nitrogens with zero attached hydrogens (tertiary/aromatic N) is 1. The molecule has 0 amide bonds. The molecule has 1 aromatic carbocycles. The van der Waals surface area contributed by atoms with Crippen LogP contribution in [0, 0.1) is 5.92 Å². The molecule has 3 rings (SSSR count). The van der Waals surface area contributed by atoms with Crippen molar-refractivity contribution in [1.29, 1.82) is 0 Å². The van der Waals surface area contributed by atoms with Crippen molar-refractivity contribution in [3.05, 3.63) is 35.9 Å². The first-order chi connectivity index (χ1) is 8.61. The van der Waals surface area contributed by atoms with Gasteiger partial charge in [0, 0.05) is 0 Å². The van der Waals surface area contributed by atoms with Gasteiger partial charge in [-0.3, -0.25) is 0 Å². The highest BCUT2D eigenvalue weighted by atomic mass is 16.6. The van der Waals surface area contributed by atoms with Crippen LogP contribution in [-0.4, -0.2) is 24.6 Å². The lowest BCUT2D eigenvalue weighted by molar-refractivity contribution is 0.277. The molecule has 0 saturated carbocycles. The Morgan fingerprint density at radius 2 is 2.12 bits per heavy atom. The van der Waals surface area contributed by atoms with Gasteiger partial charge in [-0.2, -0.15) is 0 Å². The average molecular weight is 232 g/mol. The van der Waals surface area contributed by atoms with E-state index in [1.807, 2.05) is 30.3 Å². The normalized spacial score (nSPS) is 36.4. The Hall–Kier alpha value is -1.35. The maximum absolute atomic E-state index is 8.29. The van der Waals surface area contributed by atoms with Gasteiger partial charge in [-0.25, -0.2) is 4.99 Å². The van der Waals surface area contributed by atoms with Crippen LogP contribution in [0.3, 0.4) is 0 Å². The summed E-state index contributed by atoms with van der Waals surface area (Å²) in [5, 5.41) is 0. The summed E-state index contributed by atoms with van der Waals surface area (Å²) in [5.41, 5.74) is 1.01. The van der Waals surface area contributed by atoms with Crippen molar-refractivity contribution >= 4 is 5.90 Å². The molecule has 1 aromatic rings. The summed E-state index contributed by atoms with van der Waals surface area (Å²) in [6.07, 6.45) is -1.35. The summed E-state index contributed by atoms with van der Waals surface area (Å²) in [5.74, 6) is 0.870. The van der Waals surface area contributed by atoms with Crippen LogP contribution in [0.4, 0.5) is 0 Å². The van der Waals surface area contributed by atoms with E-state index < -0.39 is 6.08 Å². The summed E-state index contributed by atoms with van der Waals surface area (Å²) in [7, 11) is 0. The van der Waals surface area contributed by atoms with Crippen LogP contribution in [0.25, 0.3) is 0 Å². The molecule has 3 atom stereocenters. The number of rotatable bonds is 3. The largest absolute Gasteiger partial charge is 0.477 e. The Morgan fingerprint density at radius 1 is 1.35 bits per heavy atom. The Kier molecular flexibility index (Phi) is 2.36. The maximum Gasteiger partial charge on any atom is 0.217 e. The van der Waals surface area contributed by atoms with Gasteiger partial charge in [-0.05, 0) is 11.5 Å². The molecule has 1 saturated heterocycles. The van der Waals surface area contributed by atoms with Gasteiger partial charge in [0.15, 0.2) is 6.08 Å². The Balaban J connectivity index is 1.77. The molecule has 90 valence electrons. The van der Waals surface area contributed by atoms with Gasteiger partial charge in [0.05, 0.1) is 7.41 Å². The van der Waals surface area contributed by atoms with Gasteiger partial charge in [0.2, 0.25) is 5.90 Å². The van der Waals surface area contributed by atoms with E-state index >= 15 is 0 Å². The van der Waals surface area contributed by atoms with E-state index in [1.165, 1.54) is 0 Å². The number of ether oxygens (including phenoxy) is 2. The van der Waals surface area contributed by atoms with Crippen molar-refractivity contribution in [2.24, 2.45) is 10.9 Å². The van der Waals surface area contributed by atoms with Crippen LogP contribution in [0.2, 0.25) is 0 Å². The SMILES string of the molecule is [2H][C@]1(C2=N[C@@H](C(C)C)CO2)O[C@@H]1c1ccccc1. The molecule has 0 radical (unpaired) electrons. The molecule has 0 aromatic heterocycles. The van der Waals surface area contributed by atoms with Gasteiger partial charge in [0.1, 0.15) is 12.7 Å². The number of hydrogen-bond acceptors (Lipinski definition) is 3. The van der Waals surface area contributed by atoms with E-state index in [0.717, 1.165) is 5.56 Å². The molecule has 0 spiro atoms. The first-order valence-corrected chi connectivity index (χ1v) is 6.05. The second-order valence-corrected chi connectivity index (χ2v) is 4.83. The molecule has 3 nitrogen and oxygen atoms in total. The quantitative estimate of drug-likeness (QED) is 0.751. The van der Waals surface area contributed by atoms with Crippen molar-refractivity contribution in [1.82, 2.24) is 0 Å². The van der Waals surface area contributed by atoms with Gasteiger partial charge in [-0.1, -0.05) is 44.2 Å². The van der Waals surface area contributed by atoms with Crippen LogP contribution < -0.4 is 0 Å². The molecule has 2 heterocycles. The summed E-state index contributed by atoms with van der Waals surface area (Å²) in [6.45, 7) is 4.79. The van der Waals surface area contributed by atoms with Crippen LogP contribution in [0.5, 0.6) is 0 Å². The summed E-state index contributed by atoms with van der Waals surface area (Å²) in [4.78, 5) is 4.48. The lowest BCUT2D eigenvalue weighted by Crippen LogP contribution is -2.13. The van der Waals surface area contributed by atoms with Crippen LogP contribution in [-0.2, 0) is 9.47 Å². The number of aliphatic imine (C=N–C) groups is 1. The monoisotopic (exact) mass is 232 g/mol. The first-order valence-electron chi connectivity index (χ1n) is 6.55. The molecule has 2 aliphatic rings. The van der Waals surface area contributed by atoms with Crippen molar-refractivity contribution in [3.63, 3.8) is 0 Å². The smallest absolute Gasteiger partial charge is 0.217 e. The van der Waals surface area contributed by atoms with Crippen molar-refractivity contribution < 1.29 is 10.8 Å². The predicted octanol–water partition coefficient (Wildman–Crippen LogP) is 2.58. The van der Waals surface area contributed by atoms with E-state index in [9.17, 15) is 0 Å². The fourth-order valence-electron chi connectivity index (χ4n) is 1.97. The minimum Gasteiger partial charge on any atom is -0.477 e. The second kappa shape index (κ2) is 4.15. The third kappa shape index (κ3) is 2.07. The zero-order chi connectivity index (χ0) is 12.8. The molecular formula is C14H17NO2. The third-order valence-corrected chi connectivity index (χ3v) is 3.18. The number of benzene rings is 1. The molecule has 0 bridgehead atoms. The zero-order valence-corrected chi connectivity index (χ0v) is 10.1. The Morgan fingerprint density at radius 3 is 2.76 bits per heavy atom. The lowest BCUT2D eigenvalue weighted by atomic mass is 10.1. The molecule has 0 N–H and O–H groups in total. The van der Waals surface area contributed by atoms with Crippen LogP contribution >= 0.6 is 0 Å². The Labute approximate surface area is 103 Å². The number of hydrogen-bond donors (Lipinski definition) is 0. The van der Waals surface area contributed by atoms with Crippen LogP contribution in [0.15, 0.2) is 35.3 Å². The molecule has 17 heavy (non-hydrogen) atoms. The maximum atomic E-state index is 8.29. The fraction of sp³-hybridized carbons (Fsp3) is 0.500. The highest BCUT2D eigenvalue weighted by molar-refractivity contribution is 5.85. The van der Waals surface area contributed by atoms with E-state index in [-0.39, 0.29) is 12.1 Å². The second-order valence-electron chi connectivity index (χ2n) is 4.83. The molecular weight excluding hydrogens is 214 g/mol. The minimum atomic E-state index is -1.11. The summed E-state index contributed by atoms with van der Waals surface area (Å²) >= 11 is 0. The molecule has 3 heteroatoms. The van der Waals surface area contributed by atoms with Crippen LogP contribution in [0.1, 0.15) is 26.9 Å². The summed E-state index contributed by atoms with van der Waals surface area (Å²) in [6, 6.07) is 9.95. The van der Waals surface area contributed by atoms with Gasteiger partial charge in [-0.15, -0.1) is 0 Å². The first kappa shape index (κ1) is 9.66. The molecule has 2 aliphatic heterocycles. The van der Waals surface area contributed by atoms with E-state index in [4.69, 9.17) is 10.8 Å². The third-order valence-electron chi connectivity index (χ3n) is 3.18. The van der Waals surface area contributed by atoms with Gasteiger partial charge >= 0.3 is 0 Å². The molecule has 1 fully saturated rings. The summed E-state index contributed by atoms with van der Waals surface area (Å²) < 4.78 is 19.3. The standard InChI is InChI=1S/C14H17NO2/c1-9(2)11-8-16-14(15-11)13-12(17-13)10-6-4-3-5-7-10/h3-7,9,11-13H,8H2,1-2H3/t11-,12-,13+/m1/s1/i13D. The fourth-order valence-corrected chi connectivity index (χ4v) is 1.97. The van der Waals surface area contributed by atoms with Crippen molar-refractivity contribution in [2.45, 2.75) is 32.1 Å². The minimum absolute atomic E-state index is 0.155. The van der Waals surface area contributed by atoms with Gasteiger partial charge < -0.3 is 9.47 Å².